The predicted molar refractivity (Wildman–Crippen MR) is 92.2 cm³/mol. The summed E-state index contributed by atoms with van der Waals surface area (Å²) in [5.41, 5.74) is 0.243. The van der Waals surface area contributed by atoms with E-state index < -0.39 is 11.7 Å². The van der Waals surface area contributed by atoms with Crippen LogP contribution < -0.4 is 5.32 Å². The van der Waals surface area contributed by atoms with Crippen LogP contribution in [0.4, 0.5) is 13.2 Å². The summed E-state index contributed by atoms with van der Waals surface area (Å²) in [6, 6.07) is 6.53. The summed E-state index contributed by atoms with van der Waals surface area (Å²) in [4.78, 5) is 2.23. The molecule has 1 N–H and O–H groups in total. The van der Waals surface area contributed by atoms with E-state index in [0.29, 0.717) is 6.04 Å². The molecule has 0 aromatic heterocycles. The predicted octanol–water partition coefficient (Wildman–Crippen LogP) is 4.66. The van der Waals surface area contributed by atoms with Crippen molar-refractivity contribution in [1.29, 1.82) is 0 Å². The number of hydrogen-bond donors (Lipinski definition) is 1. The Kier molecular flexibility index (Phi) is 5.65. The molecule has 1 aromatic carbocycles. The summed E-state index contributed by atoms with van der Waals surface area (Å²) in [5, 5.41) is 3.67. The van der Waals surface area contributed by atoms with Gasteiger partial charge in [-0.25, -0.2) is 0 Å². The van der Waals surface area contributed by atoms with Gasteiger partial charge in [0, 0.05) is 17.6 Å². The minimum absolute atomic E-state index is 0.0192. The van der Waals surface area contributed by atoms with Crippen molar-refractivity contribution in [2.45, 2.75) is 69.8 Å². The van der Waals surface area contributed by atoms with Crippen LogP contribution in [0.5, 0.6) is 0 Å². The second kappa shape index (κ2) is 7.04. The van der Waals surface area contributed by atoms with Gasteiger partial charge < -0.3 is 10.2 Å². The highest BCUT2D eigenvalue weighted by atomic mass is 19.4. The van der Waals surface area contributed by atoms with Gasteiger partial charge in [0.1, 0.15) is 0 Å². The van der Waals surface area contributed by atoms with Crippen LogP contribution in [0.3, 0.4) is 0 Å². The monoisotopic (exact) mass is 342 g/mol. The molecule has 136 valence electrons. The van der Waals surface area contributed by atoms with Crippen molar-refractivity contribution in [3.8, 4) is 0 Å². The van der Waals surface area contributed by atoms with Gasteiger partial charge in [-0.2, -0.15) is 13.2 Å². The maximum absolute atomic E-state index is 13.0. The normalized spacial score (nSPS) is 26.0. The van der Waals surface area contributed by atoms with Crippen LogP contribution in [0.25, 0.3) is 0 Å². The Morgan fingerprint density at radius 1 is 1.08 bits per heavy atom. The summed E-state index contributed by atoms with van der Waals surface area (Å²) in [6.07, 6.45) is -1.50. The standard InChI is InChI=1S/C19H29F3N2/c1-18(2,3)23-16-12-14(9-10-17(16)24(4)5)13-7-6-8-15(11-13)19(20,21)22/h6-8,11,14,16-17,23H,9-10,12H2,1-5H3/t14-,16+,17+/m0/s1. The van der Waals surface area contributed by atoms with Crippen molar-refractivity contribution in [3.63, 3.8) is 0 Å². The van der Waals surface area contributed by atoms with Crippen LogP contribution in [0.2, 0.25) is 0 Å². The summed E-state index contributed by atoms with van der Waals surface area (Å²) in [7, 11) is 4.15. The molecule has 1 saturated carbocycles. The average Bonchev–Trinajstić information content (AvgIpc) is 2.44. The molecule has 2 rings (SSSR count). The first-order valence-corrected chi connectivity index (χ1v) is 8.58. The van der Waals surface area contributed by atoms with Crippen LogP contribution in [0, 0.1) is 0 Å². The van der Waals surface area contributed by atoms with Crippen molar-refractivity contribution in [2.75, 3.05) is 14.1 Å². The highest BCUT2D eigenvalue weighted by Crippen LogP contribution is 2.37. The van der Waals surface area contributed by atoms with Crippen molar-refractivity contribution >= 4 is 0 Å². The summed E-state index contributed by atoms with van der Waals surface area (Å²) in [6.45, 7) is 6.40. The molecule has 24 heavy (non-hydrogen) atoms. The first-order valence-electron chi connectivity index (χ1n) is 8.58. The molecule has 1 aromatic rings. The molecule has 0 unspecified atom stereocenters. The van der Waals surface area contributed by atoms with Gasteiger partial charge >= 0.3 is 6.18 Å². The van der Waals surface area contributed by atoms with Gasteiger partial charge in [0.25, 0.3) is 0 Å². The number of likely N-dealkylation sites (N-methyl/N-ethyl adjacent to an activating group) is 1. The SMILES string of the molecule is CN(C)[C@@H]1CC[C@H](c2cccc(C(F)(F)F)c2)C[C@H]1NC(C)(C)C. The first kappa shape index (κ1) is 19.3. The summed E-state index contributed by atoms with van der Waals surface area (Å²) < 4.78 is 38.9. The van der Waals surface area contributed by atoms with Crippen LogP contribution in [0.15, 0.2) is 24.3 Å². The zero-order valence-corrected chi connectivity index (χ0v) is 15.2. The van der Waals surface area contributed by atoms with E-state index in [1.54, 1.807) is 0 Å². The van der Waals surface area contributed by atoms with E-state index in [1.165, 1.54) is 12.1 Å². The highest BCUT2D eigenvalue weighted by molar-refractivity contribution is 5.29. The maximum atomic E-state index is 13.0. The molecule has 2 nitrogen and oxygen atoms in total. The van der Waals surface area contributed by atoms with Gasteiger partial charge in [-0.05, 0) is 71.7 Å². The molecule has 1 fully saturated rings. The lowest BCUT2D eigenvalue weighted by molar-refractivity contribution is -0.137. The molecule has 0 saturated heterocycles. The fourth-order valence-electron chi connectivity index (χ4n) is 3.76. The minimum atomic E-state index is -4.28. The lowest BCUT2D eigenvalue weighted by atomic mass is 9.77. The molecule has 5 heteroatoms. The Balaban J connectivity index is 2.21. The number of hydrogen-bond acceptors (Lipinski definition) is 2. The number of nitrogens with zero attached hydrogens (tertiary/aromatic N) is 1. The van der Waals surface area contributed by atoms with Crippen LogP contribution in [0.1, 0.15) is 57.1 Å². The molecule has 0 spiro atoms. The third kappa shape index (κ3) is 4.96. The van der Waals surface area contributed by atoms with E-state index in [2.05, 4.69) is 45.1 Å². The number of rotatable bonds is 3. The van der Waals surface area contributed by atoms with E-state index in [0.717, 1.165) is 30.9 Å². The summed E-state index contributed by atoms with van der Waals surface area (Å²) in [5.74, 6) is 0.170. The number of halogens is 3. The molecule has 0 aliphatic heterocycles. The van der Waals surface area contributed by atoms with Gasteiger partial charge in [-0.3, -0.25) is 0 Å². The largest absolute Gasteiger partial charge is 0.416 e. The second-order valence-electron chi connectivity index (χ2n) is 8.16. The zero-order chi connectivity index (χ0) is 18.1. The minimum Gasteiger partial charge on any atom is -0.308 e. The van der Waals surface area contributed by atoms with Gasteiger partial charge in [-0.1, -0.05) is 18.2 Å². The van der Waals surface area contributed by atoms with E-state index in [4.69, 9.17) is 0 Å². The molecule has 0 radical (unpaired) electrons. The third-order valence-electron chi connectivity index (χ3n) is 4.78. The number of alkyl halides is 3. The second-order valence-corrected chi connectivity index (χ2v) is 8.16. The fraction of sp³-hybridized carbons (Fsp3) is 0.684. The number of nitrogens with one attached hydrogen (secondary N) is 1. The first-order chi connectivity index (χ1) is 11.0. The molecule has 1 aliphatic carbocycles. The Morgan fingerprint density at radius 2 is 1.75 bits per heavy atom. The van der Waals surface area contributed by atoms with Gasteiger partial charge in [-0.15, -0.1) is 0 Å². The van der Waals surface area contributed by atoms with Gasteiger partial charge in [0.2, 0.25) is 0 Å². The maximum Gasteiger partial charge on any atom is 0.416 e. The lowest BCUT2D eigenvalue weighted by Crippen LogP contribution is -2.55. The highest BCUT2D eigenvalue weighted by Gasteiger charge is 2.36. The van der Waals surface area contributed by atoms with Crippen molar-refractivity contribution in [2.24, 2.45) is 0 Å². The third-order valence-corrected chi connectivity index (χ3v) is 4.78. The fourth-order valence-corrected chi connectivity index (χ4v) is 3.76. The molecule has 0 bridgehead atoms. The topological polar surface area (TPSA) is 15.3 Å². The smallest absolute Gasteiger partial charge is 0.308 e. The summed E-state index contributed by atoms with van der Waals surface area (Å²) >= 11 is 0. The Labute approximate surface area is 143 Å². The van der Waals surface area contributed by atoms with E-state index in [1.807, 2.05) is 6.07 Å². The van der Waals surface area contributed by atoms with E-state index in [9.17, 15) is 13.2 Å². The van der Waals surface area contributed by atoms with E-state index in [-0.39, 0.29) is 17.5 Å². The molecule has 1 aliphatic rings. The Hall–Kier alpha value is -1.07. The Bertz CT molecular complexity index is 546. The number of benzene rings is 1. The average molecular weight is 342 g/mol. The van der Waals surface area contributed by atoms with E-state index >= 15 is 0 Å². The van der Waals surface area contributed by atoms with Crippen LogP contribution in [-0.2, 0) is 6.18 Å². The van der Waals surface area contributed by atoms with Crippen molar-refractivity contribution in [1.82, 2.24) is 10.2 Å². The molecular weight excluding hydrogens is 313 g/mol. The van der Waals surface area contributed by atoms with Crippen LogP contribution in [-0.4, -0.2) is 36.6 Å². The molecule has 0 heterocycles. The van der Waals surface area contributed by atoms with Crippen molar-refractivity contribution in [3.05, 3.63) is 35.4 Å². The lowest BCUT2D eigenvalue weighted by Gasteiger charge is -2.43. The van der Waals surface area contributed by atoms with Gasteiger partial charge in [0.15, 0.2) is 0 Å². The van der Waals surface area contributed by atoms with Crippen molar-refractivity contribution < 1.29 is 13.2 Å². The van der Waals surface area contributed by atoms with Gasteiger partial charge in [0.05, 0.1) is 5.56 Å². The zero-order valence-electron chi connectivity index (χ0n) is 15.2. The van der Waals surface area contributed by atoms with Crippen LogP contribution >= 0.6 is 0 Å². The Morgan fingerprint density at radius 3 is 2.29 bits per heavy atom. The molecule has 0 amide bonds. The molecule has 3 atom stereocenters. The quantitative estimate of drug-likeness (QED) is 0.859. The molecular formula is C19H29F3N2.